The zero-order chi connectivity index (χ0) is 2.00. The van der Waals surface area contributed by atoms with E-state index in [-0.39, 0.29) is 36.5 Å². The van der Waals surface area contributed by atoms with Crippen LogP contribution in [0, 0.1) is 0 Å². The molecule has 0 unspecified atom stereocenters. The molecule has 0 heterocycles. The molecular weight excluding hydrogens is 226 g/mol. The third-order valence-electron chi connectivity index (χ3n) is 0. The van der Waals surface area contributed by atoms with E-state index in [0.717, 1.165) is 16.6 Å². The van der Waals surface area contributed by atoms with Crippen LogP contribution < -0.4 is 0 Å². The van der Waals surface area contributed by atoms with E-state index in [1.54, 1.807) is 0 Å². The summed E-state index contributed by atoms with van der Waals surface area (Å²) < 4.78 is 0. The molecule has 0 N–H and O–H groups in total. The van der Waals surface area contributed by atoms with Crippen molar-refractivity contribution in [2.75, 3.05) is 0 Å². The van der Waals surface area contributed by atoms with Gasteiger partial charge in [0, 0.05) is 36.5 Å². The van der Waals surface area contributed by atoms with E-state index in [1.807, 2.05) is 0 Å². The molecule has 0 fully saturated rings. The molecule has 0 saturated carbocycles. The summed E-state index contributed by atoms with van der Waals surface area (Å²) >= 11 is 0.958. The molecule has 0 bridgehead atoms. The summed E-state index contributed by atoms with van der Waals surface area (Å²) in [5.41, 5.74) is 0. The Balaban J connectivity index is -0.00000000500. The second kappa shape index (κ2) is 20.1. The largest absolute Gasteiger partial charge is 0 e. The van der Waals surface area contributed by atoms with Gasteiger partial charge in [0.25, 0.3) is 0 Å². The molecule has 0 atom stereocenters. The van der Waals surface area contributed by atoms with Crippen molar-refractivity contribution >= 4 is 10.1 Å². The Morgan fingerprint density at radius 3 is 1.25 bits per heavy atom. The van der Waals surface area contributed by atoms with Crippen LogP contribution in [0.2, 0.25) is 0 Å². The van der Waals surface area contributed by atoms with Gasteiger partial charge in [-0.3, -0.25) is 0 Å². The first kappa shape index (κ1) is 16.7. The normalized spacial score (nSPS) is 1.50. The van der Waals surface area contributed by atoms with E-state index in [4.69, 9.17) is 0 Å². The summed E-state index contributed by atoms with van der Waals surface area (Å²) in [6, 6.07) is 0. The Morgan fingerprint density at radius 2 is 1.25 bits per heavy atom. The van der Waals surface area contributed by atoms with Crippen LogP contribution in [0.5, 0.6) is 0 Å². The Kier molecular flexibility index (Phi) is 83.8. The number of hydrogen-bond donors (Lipinski definition) is 0. The van der Waals surface area contributed by atoms with Crippen molar-refractivity contribution < 1.29 is 53.1 Å². The fourth-order valence-corrected chi connectivity index (χ4v) is 0. The maximum absolute atomic E-state index is 4.21. The van der Waals surface area contributed by atoms with Gasteiger partial charge in [0.2, 0.25) is 0 Å². The van der Waals surface area contributed by atoms with E-state index in [1.165, 1.54) is 0 Å². The first-order valence-corrected chi connectivity index (χ1v) is 4.50. The molecule has 0 aliphatic rings. The average Bonchev–Trinajstić information content (AvgIpc) is 1.00. The van der Waals surface area contributed by atoms with Crippen molar-refractivity contribution in [2.24, 2.45) is 0 Å². The summed E-state index contributed by atoms with van der Waals surface area (Å²) in [4.78, 5) is 0. The maximum atomic E-state index is 4.21. The second-order valence-electron chi connectivity index (χ2n) is 0. The first-order valence-electron chi connectivity index (χ1n) is 0.289. The quantitative estimate of drug-likeness (QED) is 0.546. The molecule has 0 aliphatic carbocycles. The van der Waals surface area contributed by atoms with Crippen LogP contribution in [0.15, 0.2) is 0 Å². The Bertz CT molecular complexity index is 6.00. The molecule has 0 aliphatic heterocycles. The molecule has 0 aromatic heterocycles. The third-order valence-corrected chi connectivity index (χ3v) is 0. The summed E-state index contributed by atoms with van der Waals surface area (Å²) in [7, 11) is 4.21. The van der Waals surface area contributed by atoms with Crippen molar-refractivity contribution in [2.45, 2.75) is 0 Å². The van der Waals surface area contributed by atoms with Gasteiger partial charge in [-0.1, -0.05) is 0 Å². The van der Waals surface area contributed by atoms with Crippen molar-refractivity contribution in [3.05, 3.63) is 0 Å². The second-order valence-corrected chi connectivity index (χ2v) is 0. The molecule has 4 heavy (non-hydrogen) atoms. The molecule has 1 radical (unpaired) electrons. The minimum absolute atomic E-state index is 0. The van der Waals surface area contributed by atoms with Gasteiger partial charge in [-0.2, -0.15) is 0 Å². The summed E-state index contributed by atoms with van der Waals surface area (Å²) in [5.74, 6) is 0. The molecule has 0 aromatic rings. The van der Waals surface area contributed by atoms with Gasteiger partial charge in [-0.15, -0.1) is 0 Å². The van der Waals surface area contributed by atoms with Gasteiger partial charge in [-0.25, -0.2) is 0 Å². The Morgan fingerprint density at radius 1 is 1.25 bits per heavy atom. The van der Waals surface area contributed by atoms with Gasteiger partial charge in [-0.05, 0) is 0 Å². The van der Waals surface area contributed by atoms with Crippen molar-refractivity contribution in [3.63, 3.8) is 0 Å². The third kappa shape index (κ3) is 9.01. The minimum Gasteiger partial charge on any atom is 0 e. The molecule has 0 amide bonds. The molecule has 0 aromatic carbocycles. The Hall–Kier alpha value is 1.99. The molecule has 0 saturated heterocycles. The van der Waals surface area contributed by atoms with Crippen LogP contribution in [0.25, 0.3) is 0 Å². The molecule has 0 nitrogen and oxygen atoms in total. The number of hydrogen-bond acceptors (Lipinski definition) is 1. The van der Waals surface area contributed by atoms with Crippen molar-refractivity contribution in [1.29, 1.82) is 0 Å². The van der Waals surface area contributed by atoms with Gasteiger partial charge in [0.1, 0.15) is 0 Å². The smallest absolute Gasteiger partial charge is 0 e. The predicted octanol–water partition coefficient (Wildman–Crippen LogP) is 0.641. The molecule has 4 heteroatoms. The van der Waals surface area contributed by atoms with E-state index < -0.39 is 0 Å². The van der Waals surface area contributed by atoms with Crippen LogP contribution in [0.1, 0.15) is 0 Å². The van der Waals surface area contributed by atoms with Crippen molar-refractivity contribution in [1.82, 2.24) is 0 Å². The van der Waals surface area contributed by atoms with Crippen molar-refractivity contribution in [3.8, 4) is 0 Å². The topological polar surface area (TPSA) is 0 Å². The minimum atomic E-state index is 0. The van der Waals surface area contributed by atoms with E-state index >= 15 is 0 Å². The van der Waals surface area contributed by atoms with Crippen LogP contribution in [0.3, 0.4) is 0 Å². The van der Waals surface area contributed by atoms with Gasteiger partial charge >= 0.3 is 26.7 Å². The van der Waals surface area contributed by atoms with E-state index in [2.05, 4.69) is 10.1 Å². The standard InChI is InChI=1S/Cu.S.2Zn. The molecule has 21 valence electrons. The van der Waals surface area contributed by atoms with Gasteiger partial charge < -0.3 is 0 Å². The van der Waals surface area contributed by atoms with Gasteiger partial charge in [0.05, 0.1) is 0 Å². The molecular formula is CuSZn2. The van der Waals surface area contributed by atoms with E-state index in [0.29, 0.717) is 0 Å². The first-order chi connectivity index (χ1) is 1.00. The summed E-state index contributed by atoms with van der Waals surface area (Å²) in [6.45, 7) is 0. The summed E-state index contributed by atoms with van der Waals surface area (Å²) in [6.07, 6.45) is 0. The van der Waals surface area contributed by atoms with Crippen LogP contribution in [-0.2, 0) is 53.1 Å². The fourth-order valence-electron chi connectivity index (χ4n) is 0. The Labute approximate surface area is 62.6 Å². The van der Waals surface area contributed by atoms with Crippen LogP contribution in [-0.4, -0.2) is 0 Å². The molecule has 0 rings (SSSR count). The number of rotatable bonds is 0. The summed E-state index contributed by atoms with van der Waals surface area (Å²) in [5, 5.41) is 0. The van der Waals surface area contributed by atoms with Crippen LogP contribution >= 0.6 is 10.1 Å². The van der Waals surface area contributed by atoms with Crippen LogP contribution in [0.4, 0.5) is 0 Å². The maximum Gasteiger partial charge on any atom is 0 e. The zero-order valence-electron chi connectivity index (χ0n) is 2.12. The predicted molar refractivity (Wildman–Crippen MR) is 7.59 cm³/mol. The fraction of sp³-hybridized carbons (Fsp3) is 0. The monoisotopic (exact) mass is 223 g/mol. The average molecular weight is 226 g/mol. The molecule has 0 spiro atoms. The van der Waals surface area contributed by atoms with E-state index in [9.17, 15) is 0 Å². The van der Waals surface area contributed by atoms with Gasteiger partial charge in [0.15, 0.2) is 0 Å². The zero-order valence-corrected chi connectivity index (χ0v) is 9.82. The SMILES string of the molecule is [Cu].[S]=[Zn].[Zn].